The predicted octanol–water partition coefficient (Wildman–Crippen LogP) is 4.93. The fourth-order valence-electron chi connectivity index (χ4n) is 4.26. The van der Waals surface area contributed by atoms with Gasteiger partial charge in [0.1, 0.15) is 24.1 Å². The molecule has 0 spiro atoms. The maximum Gasteiger partial charge on any atom is 0.264 e. The molecular weight excluding hydrogens is 554 g/mol. The molecule has 3 aromatic rings. The van der Waals surface area contributed by atoms with Crippen LogP contribution in [0, 0.1) is 6.92 Å². The van der Waals surface area contributed by atoms with E-state index in [0.29, 0.717) is 23.8 Å². The summed E-state index contributed by atoms with van der Waals surface area (Å²) in [5, 5.41) is 2.93. The molecule has 226 valence electrons. The highest BCUT2D eigenvalue weighted by Gasteiger charge is 2.33. The van der Waals surface area contributed by atoms with Crippen molar-refractivity contribution in [2.45, 2.75) is 64.6 Å². The molecule has 42 heavy (non-hydrogen) atoms. The van der Waals surface area contributed by atoms with E-state index in [4.69, 9.17) is 9.47 Å². The van der Waals surface area contributed by atoms with Gasteiger partial charge in [0.2, 0.25) is 11.8 Å². The first-order valence-corrected chi connectivity index (χ1v) is 15.5. The summed E-state index contributed by atoms with van der Waals surface area (Å²) in [7, 11) is -2.62. The summed E-state index contributed by atoms with van der Waals surface area (Å²) in [5.74, 6) is 0.299. The van der Waals surface area contributed by atoms with Crippen LogP contribution in [0.1, 0.15) is 45.2 Å². The van der Waals surface area contributed by atoms with Crippen molar-refractivity contribution >= 4 is 27.5 Å². The molecule has 0 fully saturated rings. The topological polar surface area (TPSA) is 105 Å². The van der Waals surface area contributed by atoms with Gasteiger partial charge in [-0.1, -0.05) is 36.8 Å². The Morgan fingerprint density at radius 3 is 2.19 bits per heavy atom. The second kappa shape index (κ2) is 14.7. The van der Waals surface area contributed by atoms with E-state index in [1.165, 1.54) is 17.0 Å². The van der Waals surface area contributed by atoms with Crippen LogP contribution in [0.3, 0.4) is 0 Å². The molecule has 0 aliphatic heterocycles. The van der Waals surface area contributed by atoms with Gasteiger partial charge < -0.3 is 19.7 Å². The smallest absolute Gasteiger partial charge is 0.264 e. The first kappa shape index (κ1) is 32.5. The molecule has 9 nitrogen and oxygen atoms in total. The Balaban J connectivity index is 2.02. The molecule has 0 heterocycles. The van der Waals surface area contributed by atoms with Crippen LogP contribution in [0.2, 0.25) is 0 Å². The first-order valence-electron chi connectivity index (χ1n) is 14.0. The number of nitrogens with one attached hydrogen (secondary N) is 1. The van der Waals surface area contributed by atoms with Crippen molar-refractivity contribution in [3.8, 4) is 11.5 Å². The molecule has 2 atom stereocenters. The van der Waals surface area contributed by atoms with Crippen LogP contribution in [0.25, 0.3) is 0 Å². The van der Waals surface area contributed by atoms with Gasteiger partial charge in [0.25, 0.3) is 10.0 Å². The first-order chi connectivity index (χ1) is 20.0. The summed E-state index contributed by atoms with van der Waals surface area (Å²) < 4.78 is 39.9. The number of hydrogen-bond donors (Lipinski definition) is 1. The van der Waals surface area contributed by atoms with Gasteiger partial charge in [-0.3, -0.25) is 13.9 Å². The molecule has 0 saturated heterocycles. The number of ether oxygens (including phenoxy) is 2. The zero-order valence-electron chi connectivity index (χ0n) is 25.2. The highest BCUT2D eigenvalue weighted by Crippen LogP contribution is 2.26. The zero-order valence-corrected chi connectivity index (χ0v) is 26.0. The monoisotopic (exact) mass is 595 g/mol. The summed E-state index contributed by atoms with van der Waals surface area (Å²) in [6.45, 7) is 9.25. The number of methoxy groups -OCH3 is 1. The van der Waals surface area contributed by atoms with Crippen LogP contribution in [0.5, 0.6) is 11.5 Å². The molecule has 1 N–H and O–H groups in total. The van der Waals surface area contributed by atoms with E-state index in [-0.39, 0.29) is 23.4 Å². The summed E-state index contributed by atoms with van der Waals surface area (Å²) in [6.07, 6.45) is 0.726. The molecule has 0 bridgehead atoms. The molecular formula is C32H41N3O6S. The van der Waals surface area contributed by atoms with E-state index in [9.17, 15) is 18.0 Å². The summed E-state index contributed by atoms with van der Waals surface area (Å²) in [5.41, 5.74) is 2.02. The fraction of sp³-hybridized carbons (Fsp3) is 0.375. The largest absolute Gasteiger partial charge is 0.497 e. The fourth-order valence-corrected chi connectivity index (χ4v) is 5.67. The predicted molar refractivity (Wildman–Crippen MR) is 164 cm³/mol. The summed E-state index contributed by atoms with van der Waals surface area (Å²) in [6, 6.07) is 19.3. The van der Waals surface area contributed by atoms with Crippen LogP contribution < -0.4 is 19.1 Å². The molecule has 0 aliphatic carbocycles. The lowest BCUT2D eigenvalue weighted by Gasteiger charge is -2.32. The third-order valence-electron chi connectivity index (χ3n) is 6.98. The molecule has 0 aromatic heterocycles. The Hall–Kier alpha value is -4.05. The lowest BCUT2D eigenvalue weighted by Crippen LogP contribution is -2.52. The number of sulfonamides is 1. The molecule has 0 aliphatic rings. The SMILES string of the molecule is CCOc1ccc(S(=O)(=O)N(CC(=O)N(Cc2cccc(OC)c2)[C@H](C)C(=O)N[C@@H](C)CC)c2ccc(C)cc2)cc1. The van der Waals surface area contributed by atoms with Crippen LogP contribution in [-0.4, -0.2) is 57.5 Å². The number of amides is 2. The molecule has 3 aromatic carbocycles. The van der Waals surface area contributed by atoms with Crippen molar-refractivity contribution in [3.63, 3.8) is 0 Å². The van der Waals surface area contributed by atoms with Crippen molar-refractivity contribution in [1.29, 1.82) is 0 Å². The Kier molecular flexibility index (Phi) is 11.4. The lowest BCUT2D eigenvalue weighted by molar-refractivity contribution is -0.139. The van der Waals surface area contributed by atoms with Crippen LogP contribution >= 0.6 is 0 Å². The van der Waals surface area contributed by atoms with Crippen LogP contribution in [-0.2, 0) is 26.2 Å². The van der Waals surface area contributed by atoms with E-state index >= 15 is 0 Å². The highest BCUT2D eigenvalue weighted by molar-refractivity contribution is 7.92. The van der Waals surface area contributed by atoms with Gasteiger partial charge in [0.05, 0.1) is 24.3 Å². The molecule has 0 saturated carbocycles. The minimum absolute atomic E-state index is 0.0150. The number of carbonyl (C=O) groups excluding carboxylic acids is 2. The van der Waals surface area contributed by atoms with E-state index in [0.717, 1.165) is 21.9 Å². The molecule has 2 amide bonds. The number of aryl methyl sites for hydroxylation is 1. The second-order valence-electron chi connectivity index (χ2n) is 10.1. The Labute approximate surface area is 249 Å². The van der Waals surface area contributed by atoms with Crippen molar-refractivity contribution in [2.24, 2.45) is 0 Å². The normalized spacial score (nSPS) is 12.6. The van der Waals surface area contributed by atoms with E-state index in [1.807, 2.05) is 33.8 Å². The molecule has 0 unspecified atom stereocenters. The number of benzene rings is 3. The van der Waals surface area contributed by atoms with E-state index in [1.54, 1.807) is 68.6 Å². The van der Waals surface area contributed by atoms with Crippen molar-refractivity contribution in [1.82, 2.24) is 10.2 Å². The number of carbonyl (C=O) groups is 2. The van der Waals surface area contributed by atoms with Gasteiger partial charge in [-0.25, -0.2) is 8.42 Å². The number of hydrogen-bond acceptors (Lipinski definition) is 6. The van der Waals surface area contributed by atoms with Gasteiger partial charge in [-0.05, 0) is 88.2 Å². The second-order valence-corrected chi connectivity index (χ2v) is 12.0. The number of anilines is 1. The third kappa shape index (κ3) is 8.25. The van der Waals surface area contributed by atoms with Crippen molar-refractivity contribution in [2.75, 3.05) is 24.6 Å². The average Bonchev–Trinajstić information content (AvgIpc) is 2.99. The lowest BCUT2D eigenvalue weighted by atomic mass is 10.1. The van der Waals surface area contributed by atoms with E-state index < -0.39 is 28.5 Å². The number of rotatable bonds is 14. The minimum atomic E-state index is -4.17. The molecule has 0 radical (unpaired) electrons. The van der Waals surface area contributed by atoms with Crippen molar-refractivity contribution in [3.05, 3.63) is 83.9 Å². The van der Waals surface area contributed by atoms with Gasteiger partial charge in [0, 0.05) is 12.6 Å². The maximum absolute atomic E-state index is 14.1. The quantitative estimate of drug-likeness (QED) is 0.283. The van der Waals surface area contributed by atoms with Gasteiger partial charge in [0.15, 0.2) is 0 Å². The minimum Gasteiger partial charge on any atom is -0.497 e. The zero-order chi connectivity index (χ0) is 30.9. The maximum atomic E-state index is 14.1. The van der Waals surface area contributed by atoms with E-state index in [2.05, 4.69) is 5.32 Å². The average molecular weight is 596 g/mol. The Morgan fingerprint density at radius 2 is 1.60 bits per heavy atom. The Morgan fingerprint density at radius 1 is 0.929 bits per heavy atom. The number of nitrogens with zero attached hydrogens (tertiary/aromatic N) is 2. The highest BCUT2D eigenvalue weighted by atomic mass is 32.2. The Bertz CT molecular complexity index is 1440. The van der Waals surface area contributed by atoms with Crippen LogP contribution in [0.4, 0.5) is 5.69 Å². The summed E-state index contributed by atoms with van der Waals surface area (Å²) >= 11 is 0. The third-order valence-corrected chi connectivity index (χ3v) is 8.77. The van der Waals surface area contributed by atoms with Crippen LogP contribution in [0.15, 0.2) is 77.7 Å². The summed E-state index contributed by atoms with van der Waals surface area (Å²) in [4.78, 5) is 28.7. The van der Waals surface area contributed by atoms with Gasteiger partial charge in [-0.15, -0.1) is 0 Å². The van der Waals surface area contributed by atoms with Gasteiger partial charge >= 0.3 is 0 Å². The molecule has 3 rings (SSSR count). The van der Waals surface area contributed by atoms with Gasteiger partial charge in [-0.2, -0.15) is 0 Å². The van der Waals surface area contributed by atoms with Crippen molar-refractivity contribution < 1.29 is 27.5 Å². The standard InChI is InChI=1S/C32H41N3O6S/c1-7-24(4)33-32(37)25(5)34(21-26-10-9-11-29(20-26)40-6)31(36)22-35(27-14-12-23(3)13-15-27)42(38,39)30-18-16-28(17-19-30)41-8-2/h9-20,24-25H,7-8,21-22H2,1-6H3,(H,33,37)/t24-,25+/m0/s1. The molecule has 10 heteroatoms.